The highest BCUT2D eigenvalue weighted by Gasteiger charge is 2.10. The third-order valence-corrected chi connectivity index (χ3v) is 3.48. The third kappa shape index (κ3) is 4.24. The highest BCUT2D eigenvalue weighted by molar-refractivity contribution is 9.10. The van der Waals surface area contributed by atoms with E-state index >= 15 is 0 Å². The van der Waals surface area contributed by atoms with E-state index in [1.54, 1.807) is 0 Å². The lowest BCUT2D eigenvalue weighted by atomic mass is 10.1. The SMILES string of the molecule is CNCCCN(C)C(C)c1ccc(Br)cc1. The molecule has 90 valence electrons. The molecule has 0 radical (unpaired) electrons. The second kappa shape index (κ2) is 7.05. The van der Waals surface area contributed by atoms with Crippen LogP contribution in [-0.4, -0.2) is 32.1 Å². The number of hydrogen-bond acceptors (Lipinski definition) is 2. The number of hydrogen-bond donors (Lipinski definition) is 1. The van der Waals surface area contributed by atoms with Gasteiger partial charge in [0.05, 0.1) is 0 Å². The maximum Gasteiger partial charge on any atom is 0.0316 e. The monoisotopic (exact) mass is 284 g/mol. The van der Waals surface area contributed by atoms with Gasteiger partial charge in [-0.15, -0.1) is 0 Å². The van der Waals surface area contributed by atoms with Crippen LogP contribution < -0.4 is 5.32 Å². The van der Waals surface area contributed by atoms with Gasteiger partial charge in [0.1, 0.15) is 0 Å². The number of nitrogens with one attached hydrogen (secondary N) is 1. The molecule has 1 atom stereocenters. The number of benzene rings is 1. The quantitative estimate of drug-likeness (QED) is 0.808. The Morgan fingerprint density at radius 1 is 1.31 bits per heavy atom. The van der Waals surface area contributed by atoms with E-state index in [0.717, 1.165) is 17.6 Å². The second-order valence-corrected chi connectivity index (χ2v) is 5.08. The summed E-state index contributed by atoms with van der Waals surface area (Å²) in [7, 11) is 4.18. The van der Waals surface area contributed by atoms with Crippen LogP contribution in [0.3, 0.4) is 0 Å². The maximum atomic E-state index is 3.46. The van der Waals surface area contributed by atoms with Crippen LogP contribution in [0, 0.1) is 0 Å². The molecule has 2 nitrogen and oxygen atoms in total. The normalized spacial score (nSPS) is 13.1. The summed E-state index contributed by atoms with van der Waals surface area (Å²) in [5, 5.41) is 3.18. The van der Waals surface area contributed by atoms with E-state index in [-0.39, 0.29) is 0 Å². The number of halogens is 1. The molecule has 0 spiro atoms. The zero-order valence-electron chi connectivity index (χ0n) is 10.3. The molecule has 0 aliphatic carbocycles. The van der Waals surface area contributed by atoms with Crippen molar-refractivity contribution in [3.05, 3.63) is 34.3 Å². The first-order valence-electron chi connectivity index (χ1n) is 5.75. The predicted molar refractivity (Wildman–Crippen MR) is 73.7 cm³/mol. The largest absolute Gasteiger partial charge is 0.320 e. The zero-order valence-corrected chi connectivity index (χ0v) is 11.9. The second-order valence-electron chi connectivity index (χ2n) is 4.17. The van der Waals surface area contributed by atoms with Crippen LogP contribution in [0.15, 0.2) is 28.7 Å². The van der Waals surface area contributed by atoms with Crippen molar-refractivity contribution in [2.45, 2.75) is 19.4 Å². The van der Waals surface area contributed by atoms with Crippen molar-refractivity contribution in [1.29, 1.82) is 0 Å². The van der Waals surface area contributed by atoms with Crippen molar-refractivity contribution in [3.63, 3.8) is 0 Å². The van der Waals surface area contributed by atoms with Gasteiger partial charge in [-0.3, -0.25) is 4.90 Å². The van der Waals surface area contributed by atoms with Crippen LogP contribution in [-0.2, 0) is 0 Å². The van der Waals surface area contributed by atoms with Crippen molar-refractivity contribution in [3.8, 4) is 0 Å². The molecule has 0 saturated carbocycles. The highest BCUT2D eigenvalue weighted by atomic mass is 79.9. The van der Waals surface area contributed by atoms with Gasteiger partial charge in [-0.25, -0.2) is 0 Å². The maximum absolute atomic E-state index is 3.46. The average molecular weight is 285 g/mol. The van der Waals surface area contributed by atoms with Crippen molar-refractivity contribution < 1.29 is 0 Å². The molecule has 3 heteroatoms. The molecule has 1 rings (SSSR count). The van der Waals surface area contributed by atoms with Gasteiger partial charge in [-0.2, -0.15) is 0 Å². The Hall–Kier alpha value is -0.380. The molecule has 0 bridgehead atoms. The van der Waals surface area contributed by atoms with Gasteiger partial charge in [0.25, 0.3) is 0 Å². The van der Waals surface area contributed by atoms with Gasteiger partial charge in [-0.1, -0.05) is 28.1 Å². The molecule has 0 fully saturated rings. The summed E-state index contributed by atoms with van der Waals surface area (Å²) < 4.78 is 1.14. The van der Waals surface area contributed by atoms with Crippen LogP contribution in [0.25, 0.3) is 0 Å². The summed E-state index contributed by atoms with van der Waals surface area (Å²) in [5.74, 6) is 0. The minimum absolute atomic E-state index is 0.477. The minimum Gasteiger partial charge on any atom is -0.320 e. The Kier molecular flexibility index (Phi) is 6.03. The van der Waals surface area contributed by atoms with Crippen LogP contribution in [0.4, 0.5) is 0 Å². The Morgan fingerprint density at radius 2 is 1.94 bits per heavy atom. The summed E-state index contributed by atoms with van der Waals surface area (Å²) in [4.78, 5) is 2.39. The predicted octanol–water partition coefficient (Wildman–Crippen LogP) is 3.05. The lowest BCUT2D eigenvalue weighted by Crippen LogP contribution is -2.25. The van der Waals surface area contributed by atoms with Crippen LogP contribution in [0.5, 0.6) is 0 Å². The molecule has 16 heavy (non-hydrogen) atoms. The first-order valence-corrected chi connectivity index (χ1v) is 6.54. The van der Waals surface area contributed by atoms with E-state index in [0.29, 0.717) is 6.04 Å². The Bertz CT molecular complexity index is 297. The van der Waals surface area contributed by atoms with Gasteiger partial charge in [-0.05, 0) is 58.2 Å². The smallest absolute Gasteiger partial charge is 0.0316 e. The van der Waals surface area contributed by atoms with Crippen molar-refractivity contribution in [2.75, 3.05) is 27.2 Å². The van der Waals surface area contributed by atoms with E-state index in [4.69, 9.17) is 0 Å². The Morgan fingerprint density at radius 3 is 2.50 bits per heavy atom. The summed E-state index contributed by atoms with van der Waals surface area (Å²) in [6.07, 6.45) is 1.19. The van der Waals surface area contributed by atoms with E-state index in [2.05, 4.69) is 64.4 Å². The van der Waals surface area contributed by atoms with E-state index in [1.807, 2.05) is 7.05 Å². The van der Waals surface area contributed by atoms with E-state index in [1.165, 1.54) is 12.0 Å². The lowest BCUT2D eigenvalue weighted by molar-refractivity contribution is 0.258. The topological polar surface area (TPSA) is 15.3 Å². The fourth-order valence-electron chi connectivity index (χ4n) is 1.69. The summed E-state index contributed by atoms with van der Waals surface area (Å²) in [6, 6.07) is 9.05. The Labute approximate surface area is 107 Å². The molecule has 0 aromatic heterocycles. The molecule has 1 N–H and O–H groups in total. The van der Waals surface area contributed by atoms with Gasteiger partial charge >= 0.3 is 0 Å². The first-order chi connectivity index (χ1) is 7.65. The average Bonchev–Trinajstić information content (AvgIpc) is 2.29. The molecule has 1 aromatic carbocycles. The molecule has 1 aromatic rings. The van der Waals surface area contributed by atoms with Gasteiger partial charge in [0.15, 0.2) is 0 Å². The summed E-state index contributed by atoms with van der Waals surface area (Å²) in [5.41, 5.74) is 1.37. The fraction of sp³-hybridized carbons (Fsp3) is 0.538. The van der Waals surface area contributed by atoms with Gasteiger partial charge in [0.2, 0.25) is 0 Å². The molecular formula is C13H21BrN2. The minimum atomic E-state index is 0.477. The molecule has 0 saturated heterocycles. The fourth-order valence-corrected chi connectivity index (χ4v) is 1.96. The summed E-state index contributed by atoms with van der Waals surface area (Å²) in [6.45, 7) is 4.46. The van der Waals surface area contributed by atoms with Crippen LogP contribution >= 0.6 is 15.9 Å². The molecule has 1 unspecified atom stereocenters. The van der Waals surface area contributed by atoms with Gasteiger partial charge in [0, 0.05) is 10.5 Å². The molecular weight excluding hydrogens is 264 g/mol. The van der Waals surface area contributed by atoms with E-state index < -0.39 is 0 Å². The zero-order chi connectivity index (χ0) is 12.0. The van der Waals surface area contributed by atoms with Crippen molar-refractivity contribution in [2.24, 2.45) is 0 Å². The number of rotatable bonds is 6. The molecule has 0 aliphatic heterocycles. The molecule has 0 heterocycles. The van der Waals surface area contributed by atoms with Crippen LogP contribution in [0.1, 0.15) is 24.9 Å². The van der Waals surface area contributed by atoms with Gasteiger partial charge < -0.3 is 5.32 Å². The van der Waals surface area contributed by atoms with Crippen molar-refractivity contribution in [1.82, 2.24) is 10.2 Å². The van der Waals surface area contributed by atoms with Crippen molar-refractivity contribution >= 4 is 15.9 Å². The summed E-state index contributed by atoms with van der Waals surface area (Å²) >= 11 is 3.46. The highest BCUT2D eigenvalue weighted by Crippen LogP contribution is 2.20. The Balaban J connectivity index is 2.49. The molecule has 0 aliphatic rings. The van der Waals surface area contributed by atoms with Crippen LogP contribution in [0.2, 0.25) is 0 Å². The number of nitrogens with zero attached hydrogens (tertiary/aromatic N) is 1. The standard InChI is InChI=1S/C13H21BrN2/c1-11(16(3)10-4-9-15-2)12-5-7-13(14)8-6-12/h5-8,11,15H,4,9-10H2,1-3H3. The third-order valence-electron chi connectivity index (χ3n) is 2.95. The molecule has 0 amide bonds. The lowest BCUT2D eigenvalue weighted by Gasteiger charge is -2.25. The first kappa shape index (κ1) is 13.7. The van der Waals surface area contributed by atoms with E-state index in [9.17, 15) is 0 Å².